The summed E-state index contributed by atoms with van der Waals surface area (Å²) in [6.45, 7) is 5.89. The van der Waals surface area contributed by atoms with E-state index in [0.717, 1.165) is 6.42 Å². The van der Waals surface area contributed by atoms with Crippen LogP contribution in [0.5, 0.6) is 11.5 Å². The number of ether oxygens (including phenoxy) is 3. The van der Waals surface area contributed by atoms with Crippen LogP contribution >= 0.6 is 11.6 Å². The second-order valence-electron chi connectivity index (χ2n) is 8.96. The molecule has 0 amide bonds. The molecule has 1 aliphatic rings. The van der Waals surface area contributed by atoms with E-state index in [1.54, 1.807) is 50.8 Å². The van der Waals surface area contributed by atoms with E-state index < -0.39 is 21.0 Å². The number of aromatic nitrogens is 5. The van der Waals surface area contributed by atoms with E-state index >= 15 is 0 Å². The number of halogens is 1. The smallest absolute Gasteiger partial charge is 0.160 e. The van der Waals surface area contributed by atoms with E-state index in [9.17, 15) is 8.42 Å². The first-order chi connectivity index (χ1) is 17.2. The lowest BCUT2D eigenvalue weighted by Gasteiger charge is -2.21. The third-order valence-corrected chi connectivity index (χ3v) is 8.99. The standard InChI is InChI=1S/C24H30ClN5O5S/c1-14-9-17(12-35-14)24-29-28-21(30(24)22-19(33-4)7-6-8-20(22)34-5)13-36(31,32)16(3)15(2)23-26-10-18(25)11-27-23/h6-8,10-11,14-17H,9,12-13H2,1-5H3/t14-,15+,16+,17+/m1/s1. The zero-order valence-corrected chi connectivity index (χ0v) is 22.5. The first-order valence-corrected chi connectivity index (χ1v) is 13.7. The molecule has 0 bridgehead atoms. The van der Waals surface area contributed by atoms with Crippen LogP contribution in [-0.2, 0) is 20.3 Å². The molecule has 10 nitrogen and oxygen atoms in total. The predicted molar refractivity (Wildman–Crippen MR) is 135 cm³/mol. The van der Waals surface area contributed by atoms with Crippen molar-refractivity contribution in [1.82, 2.24) is 24.7 Å². The van der Waals surface area contributed by atoms with Crippen LogP contribution in [0.2, 0.25) is 5.02 Å². The Morgan fingerprint density at radius 2 is 1.78 bits per heavy atom. The molecule has 0 aliphatic carbocycles. The first-order valence-electron chi connectivity index (χ1n) is 11.6. The number of methoxy groups -OCH3 is 2. The molecule has 2 aromatic heterocycles. The third-order valence-electron chi connectivity index (χ3n) is 6.59. The number of hydrogen-bond acceptors (Lipinski definition) is 9. The molecule has 1 aliphatic heterocycles. The summed E-state index contributed by atoms with van der Waals surface area (Å²) in [6, 6.07) is 5.38. The van der Waals surface area contributed by atoms with Crippen LogP contribution in [0.1, 0.15) is 56.5 Å². The lowest BCUT2D eigenvalue weighted by molar-refractivity contribution is 0.123. The molecule has 0 radical (unpaired) electrons. The normalized spacial score (nSPS) is 19.7. The van der Waals surface area contributed by atoms with Crippen molar-refractivity contribution in [3.63, 3.8) is 0 Å². The van der Waals surface area contributed by atoms with Gasteiger partial charge in [-0.15, -0.1) is 10.2 Å². The Balaban J connectivity index is 1.77. The minimum absolute atomic E-state index is 0.0580. The lowest BCUT2D eigenvalue weighted by atomic mass is 10.1. The molecular formula is C24H30ClN5O5S. The molecule has 1 saturated heterocycles. The zero-order valence-electron chi connectivity index (χ0n) is 20.9. The second kappa shape index (κ2) is 10.7. The molecular weight excluding hydrogens is 506 g/mol. The van der Waals surface area contributed by atoms with Crippen LogP contribution in [0.4, 0.5) is 0 Å². The molecule has 0 spiro atoms. The fourth-order valence-electron chi connectivity index (χ4n) is 4.37. The summed E-state index contributed by atoms with van der Waals surface area (Å²) in [4.78, 5) is 8.41. The number of benzene rings is 1. The van der Waals surface area contributed by atoms with Gasteiger partial charge in [-0.25, -0.2) is 18.4 Å². The van der Waals surface area contributed by atoms with Crippen LogP contribution < -0.4 is 9.47 Å². The van der Waals surface area contributed by atoms with Gasteiger partial charge in [0.2, 0.25) is 0 Å². The molecule has 0 saturated carbocycles. The summed E-state index contributed by atoms with van der Waals surface area (Å²) in [5.41, 5.74) is 0.550. The van der Waals surface area contributed by atoms with Crippen molar-refractivity contribution in [2.45, 2.75) is 56.1 Å². The number of nitrogens with zero attached hydrogens (tertiary/aromatic N) is 5. The fourth-order valence-corrected chi connectivity index (χ4v) is 6.02. The minimum Gasteiger partial charge on any atom is -0.494 e. The molecule has 0 N–H and O–H groups in total. The average Bonchev–Trinajstić information content (AvgIpc) is 3.48. The fraction of sp³-hybridized carbons (Fsp3) is 0.500. The van der Waals surface area contributed by atoms with E-state index in [-0.39, 0.29) is 23.6 Å². The monoisotopic (exact) mass is 535 g/mol. The quantitative estimate of drug-likeness (QED) is 0.403. The first kappa shape index (κ1) is 26.3. The third kappa shape index (κ3) is 5.18. The number of hydrogen-bond donors (Lipinski definition) is 0. The van der Waals surface area contributed by atoms with Gasteiger partial charge < -0.3 is 14.2 Å². The van der Waals surface area contributed by atoms with Crippen molar-refractivity contribution in [2.75, 3.05) is 20.8 Å². The van der Waals surface area contributed by atoms with Crippen LogP contribution in [0, 0.1) is 0 Å². The van der Waals surface area contributed by atoms with Gasteiger partial charge in [-0.2, -0.15) is 0 Å². The van der Waals surface area contributed by atoms with Crippen LogP contribution in [0.3, 0.4) is 0 Å². The predicted octanol–water partition coefficient (Wildman–Crippen LogP) is 3.73. The highest BCUT2D eigenvalue weighted by atomic mass is 35.5. The molecule has 0 unspecified atom stereocenters. The maximum atomic E-state index is 13.6. The molecule has 36 heavy (non-hydrogen) atoms. The van der Waals surface area contributed by atoms with Gasteiger partial charge in [0, 0.05) is 24.2 Å². The second-order valence-corrected chi connectivity index (χ2v) is 11.8. The molecule has 194 valence electrons. The molecule has 3 heterocycles. The van der Waals surface area contributed by atoms with Crippen LogP contribution in [-0.4, -0.2) is 65.3 Å². The van der Waals surface area contributed by atoms with Crippen molar-refractivity contribution in [1.29, 1.82) is 0 Å². The Hall–Kier alpha value is -2.76. The van der Waals surface area contributed by atoms with E-state index in [1.165, 1.54) is 12.4 Å². The van der Waals surface area contributed by atoms with Crippen molar-refractivity contribution in [3.05, 3.63) is 53.1 Å². The van der Waals surface area contributed by atoms with Gasteiger partial charge in [-0.1, -0.05) is 24.6 Å². The maximum absolute atomic E-state index is 13.6. The molecule has 12 heteroatoms. The Labute approximate surface area is 215 Å². The number of para-hydroxylation sites is 1. The maximum Gasteiger partial charge on any atom is 0.160 e. The highest BCUT2D eigenvalue weighted by molar-refractivity contribution is 7.91. The van der Waals surface area contributed by atoms with Crippen molar-refractivity contribution in [3.8, 4) is 17.2 Å². The summed E-state index contributed by atoms with van der Waals surface area (Å²) in [6.07, 6.45) is 3.72. The SMILES string of the molecule is COc1cccc(OC)c1-n1c(CS(=O)(=O)[C@@H](C)[C@H](C)c2ncc(Cl)cn2)nnc1[C@@H]1CO[C@H](C)C1. The van der Waals surface area contributed by atoms with Gasteiger partial charge in [-0.3, -0.25) is 4.57 Å². The topological polar surface area (TPSA) is 118 Å². The van der Waals surface area contributed by atoms with Crippen LogP contribution in [0.25, 0.3) is 5.69 Å². The van der Waals surface area contributed by atoms with E-state index in [2.05, 4.69) is 20.2 Å². The van der Waals surface area contributed by atoms with Crippen molar-refractivity contribution in [2.24, 2.45) is 0 Å². The lowest BCUT2D eigenvalue weighted by Crippen LogP contribution is -2.27. The summed E-state index contributed by atoms with van der Waals surface area (Å²) >= 11 is 5.89. The highest BCUT2D eigenvalue weighted by Crippen LogP contribution is 2.38. The Bertz CT molecular complexity index is 1290. The summed E-state index contributed by atoms with van der Waals surface area (Å²) in [7, 11) is -0.609. The van der Waals surface area contributed by atoms with Gasteiger partial charge in [0.1, 0.15) is 34.6 Å². The summed E-state index contributed by atoms with van der Waals surface area (Å²) in [5, 5.41) is 8.37. The van der Waals surface area contributed by atoms with E-state index in [0.29, 0.717) is 40.5 Å². The summed E-state index contributed by atoms with van der Waals surface area (Å²) < 4.78 is 46.0. The molecule has 4 rings (SSSR count). The van der Waals surface area contributed by atoms with Gasteiger partial charge in [0.15, 0.2) is 15.7 Å². The largest absolute Gasteiger partial charge is 0.494 e. The zero-order chi connectivity index (χ0) is 26.0. The van der Waals surface area contributed by atoms with Crippen molar-refractivity contribution >= 4 is 21.4 Å². The van der Waals surface area contributed by atoms with E-state index in [1.807, 2.05) is 6.92 Å². The molecule has 4 atom stereocenters. The average molecular weight is 536 g/mol. The van der Waals surface area contributed by atoms with Gasteiger partial charge in [0.25, 0.3) is 0 Å². The van der Waals surface area contributed by atoms with Gasteiger partial charge in [0.05, 0.1) is 37.2 Å². The Morgan fingerprint density at radius 1 is 1.14 bits per heavy atom. The molecule has 3 aromatic rings. The highest BCUT2D eigenvalue weighted by Gasteiger charge is 2.35. The Kier molecular flexibility index (Phi) is 7.82. The number of rotatable bonds is 9. The Morgan fingerprint density at radius 3 is 2.33 bits per heavy atom. The summed E-state index contributed by atoms with van der Waals surface area (Å²) in [5.74, 6) is 1.43. The molecule has 1 aromatic carbocycles. The molecule has 1 fully saturated rings. The van der Waals surface area contributed by atoms with Gasteiger partial charge in [-0.05, 0) is 32.4 Å². The van der Waals surface area contributed by atoms with Crippen LogP contribution in [0.15, 0.2) is 30.6 Å². The minimum atomic E-state index is -3.71. The number of sulfone groups is 1. The van der Waals surface area contributed by atoms with Crippen molar-refractivity contribution < 1.29 is 22.6 Å². The van der Waals surface area contributed by atoms with Gasteiger partial charge >= 0.3 is 0 Å². The van der Waals surface area contributed by atoms with E-state index in [4.69, 9.17) is 25.8 Å².